The van der Waals surface area contributed by atoms with Gasteiger partial charge in [-0.3, -0.25) is 0 Å². The Morgan fingerprint density at radius 1 is 1.19 bits per heavy atom. The summed E-state index contributed by atoms with van der Waals surface area (Å²) in [6, 6.07) is 0. The Labute approximate surface area is 99.1 Å². The molecular formula is C13H26O3. The molecule has 0 bridgehead atoms. The van der Waals surface area contributed by atoms with Crippen molar-refractivity contribution < 1.29 is 14.6 Å². The van der Waals surface area contributed by atoms with Gasteiger partial charge in [0.25, 0.3) is 0 Å². The van der Waals surface area contributed by atoms with E-state index in [0.29, 0.717) is 5.92 Å². The van der Waals surface area contributed by atoms with Crippen molar-refractivity contribution in [3.63, 3.8) is 0 Å². The molecule has 1 rings (SSSR count). The molecule has 0 saturated heterocycles. The minimum Gasteiger partial charge on any atom is -0.390 e. The summed E-state index contributed by atoms with van der Waals surface area (Å²) in [4.78, 5) is 0. The lowest BCUT2D eigenvalue weighted by Gasteiger charge is -2.32. The summed E-state index contributed by atoms with van der Waals surface area (Å²) in [6.07, 6.45) is 7.71. The molecule has 0 heterocycles. The number of hydrogen-bond donors (Lipinski definition) is 1. The lowest BCUT2D eigenvalue weighted by Crippen LogP contribution is -2.36. The summed E-state index contributed by atoms with van der Waals surface area (Å²) in [5.74, 6) is 0.552. The monoisotopic (exact) mass is 230 g/mol. The number of ether oxygens (including phenoxy) is 2. The van der Waals surface area contributed by atoms with E-state index in [1.165, 1.54) is 32.1 Å². The van der Waals surface area contributed by atoms with E-state index < -0.39 is 0 Å². The molecular weight excluding hydrogens is 204 g/mol. The van der Waals surface area contributed by atoms with Gasteiger partial charge in [-0.2, -0.15) is 0 Å². The Hall–Kier alpha value is -0.120. The van der Waals surface area contributed by atoms with Crippen LogP contribution in [0.1, 0.15) is 44.9 Å². The van der Waals surface area contributed by atoms with Gasteiger partial charge in [-0.25, -0.2) is 0 Å². The quantitative estimate of drug-likeness (QED) is 0.682. The normalized spacial score (nSPS) is 21.9. The second-order valence-electron chi connectivity index (χ2n) is 4.80. The molecule has 3 heteroatoms. The van der Waals surface area contributed by atoms with Gasteiger partial charge >= 0.3 is 0 Å². The molecule has 0 radical (unpaired) electrons. The van der Waals surface area contributed by atoms with Crippen molar-refractivity contribution in [1.29, 1.82) is 0 Å². The van der Waals surface area contributed by atoms with Crippen molar-refractivity contribution in [3.05, 3.63) is 0 Å². The van der Waals surface area contributed by atoms with E-state index in [2.05, 4.69) is 0 Å². The van der Waals surface area contributed by atoms with Gasteiger partial charge in [0.2, 0.25) is 0 Å². The molecule has 96 valence electrons. The first kappa shape index (κ1) is 13.9. The van der Waals surface area contributed by atoms with Crippen LogP contribution in [0.3, 0.4) is 0 Å². The van der Waals surface area contributed by atoms with Crippen LogP contribution in [0, 0.1) is 5.92 Å². The predicted molar refractivity (Wildman–Crippen MR) is 64.5 cm³/mol. The van der Waals surface area contributed by atoms with Gasteiger partial charge in [-0.1, -0.05) is 19.3 Å². The zero-order chi connectivity index (χ0) is 11.8. The van der Waals surface area contributed by atoms with Crippen LogP contribution in [0.15, 0.2) is 0 Å². The molecule has 1 N–H and O–H groups in total. The lowest BCUT2D eigenvalue weighted by atomic mass is 9.82. The average molecular weight is 230 g/mol. The van der Waals surface area contributed by atoms with Crippen LogP contribution in [0.5, 0.6) is 0 Å². The van der Waals surface area contributed by atoms with Gasteiger partial charge < -0.3 is 14.6 Å². The van der Waals surface area contributed by atoms with Crippen molar-refractivity contribution in [3.8, 4) is 0 Å². The Morgan fingerprint density at radius 3 is 2.44 bits per heavy atom. The first-order valence-corrected chi connectivity index (χ1v) is 6.49. The molecule has 2 unspecified atom stereocenters. The van der Waals surface area contributed by atoms with Crippen LogP contribution in [0.25, 0.3) is 0 Å². The number of rotatable bonds is 7. The van der Waals surface area contributed by atoms with E-state index in [1.54, 1.807) is 14.2 Å². The molecule has 0 aliphatic heterocycles. The van der Waals surface area contributed by atoms with E-state index in [4.69, 9.17) is 9.47 Å². The summed E-state index contributed by atoms with van der Waals surface area (Å²) in [6.45, 7) is 0.720. The summed E-state index contributed by atoms with van der Waals surface area (Å²) in [5, 5.41) is 10.1. The van der Waals surface area contributed by atoms with Crippen LogP contribution in [-0.4, -0.2) is 38.1 Å². The standard InChI is InChI=1S/C13H26O3/c1-15-10-6-9-12(14)13(16-2)11-7-4-3-5-8-11/h11-14H,3-10H2,1-2H3. The van der Waals surface area contributed by atoms with Gasteiger partial charge in [0.05, 0.1) is 12.2 Å². The van der Waals surface area contributed by atoms with Crippen molar-refractivity contribution in [1.82, 2.24) is 0 Å². The molecule has 3 nitrogen and oxygen atoms in total. The first-order chi connectivity index (χ1) is 7.79. The summed E-state index contributed by atoms with van der Waals surface area (Å²) < 4.78 is 10.5. The zero-order valence-electron chi connectivity index (χ0n) is 10.7. The molecule has 0 spiro atoms. The third-order valence-corrected chi connectivity index (χ3v) is 3.61. The molecule has 1 aliphatic carbocycles. The van der Waals surface area contributed by atoms with Crippen LogP contribution in [0.4, 0.5) is 0 Å². The minimum atomic E-state index is -0.330. The third kappa shape index (κ3) is 4.40. The SMILES string of the molecule is COCCCC(O)C(OC)C1CCCCC1. The molecule has 0 aromatic carbocycles. The fourth-order valence-corrected chi connectivity index (χ4v) is 2.73. The van der Waals surface area contributed by atoms with Crippen molar-refractivity contribution in [2.75, 3.05) is 20.8 Å². The highest BCUT2D eigenvalue weighted by molar-refractivity contribution is 4.80. The van der Waals surface area contributed by atoms with Crippen LogP contribution >= 0.6 is 0 Å². The van der Waals surface area contributed by atoms with E-state index in [1.807, 2.05) is 0 Å². The predicted octanol–water partition coefficient (Wildman–Crippen LogP) is 2.37. The highest BCUT2D eigenvalue weighted by Gasteiger charge is 2.28. The number of aliphatic hydroxyl groups is 1. The highest BCUT2D eigenvalue weighted by Crippen LogP contribution is 2.30. The Kier molecular flexibility index (Phi) is 7.01. The molecule has 2 atom stereocenters. The summed E-state index contributed by atoms with van der Waals surface area (Å²) >= 11 is 0. The molecule has 0 aromatic heterocycles. The Balaban J connectivity index is 2.32. The smallest absolute Gasteiger partial charge is 0.0858 e. The largest absolute Gasteiger partial charge is 0.390 e. The van der Waals surface area contributed by atoms with Crippen LogP contribution < -0.4 is 0 Å². The Bertz CT molecular complexity index is 167. The first-order valence-electron chi connectivity index (χ1n) is 6.49. The maximum absolute atomic E-state index is 10.1. The van der Waals surface area contributed by atoms with E-state index in [9.17, 15) is 5.11 Å². The summed E-state index contributed by atoms with van der Waals surface area (Å²) in [7, 11) is 3.42. The van der Waals surface area contributed by atoms with Gasteiger partial charge in [0.1, 0.15) is 0 Å². The third-order valence-electron chi connectivity index (χ3n) is 3.61. The molecule has 16 heavy (non-hydrogen) atoms. The lowest BCUT2D eigenvalue weighted by molar-refractivity contribution is -0.0590. The van der Waals surface area contributed by atoms with Gasteiger partial charge in [-0.15, -0.1) is 0 Å². The topological polar surface area (TPSA) is 38.7 Å². The van der Waals surface area contributed by atoms with Crippen LogP contribution in [-0.2, 0) is 9.47 Å². The zero-order valence-corrected chi connectivity index (χ0v) is 10.7. The maximum Gasteiger partial charge on any atom is 0.0858 e. The van der Waals surface area contributed by atoms with Crippen LogP contribution in [0.2, 0.25) is 0 Å². The number of hydrogen-bond acceptors (Lipinski definition) is 3. The maximum atomic E-state index is 10.1. The molecule has 1 saturated carbocycles. The highest BCUT2D eigenvalue weighted by atomic mass is 16.5. The van der Waals surface area contributed by atoms with E-state index >= 15 is 0 Å². The average Bonchev–Trinajstić information content (AvgIpc) is 2.32. The van der Waals surface area contributed by atoms with E-state index in [-0.39, 0.29) is 12.2 Å². The molecule has 1 fully saturated rings. The number of methoxy groups -OCH3 is 2. The van der Waals surface area contributed by atoms with Gasteiger partial charge in [0, 0.05) is 20.8 Å². The van der Waals surface area contributed by atoms with Gasteiger partial charge in [-0.05, 0) is 31.6 Å². The fraction of sp³-hybridized carbons (Fsp3) is 1.00. The summed E-state index contributed by atoms with van der Waals surface area (Å²) in [5.41, 5.74) is 0. The second kappa shape index (κ2) is 8.04. The van der Waals surface area contributed by atoms with Crippen molar-refractivity contribution >= 4 is 0 Å². The Morgan fingerprint density at radius 2 is 1.88 bits per heavy atom. The second-order valence-corrected chi connectivity index (χ2v) is 4.80. The van der Waals surface area contributed by atoms with Crippen molar-refractivity contribution in [2.24, 2.45) is 5.92 Å². The fourth-order valence-electron chi connectivity index (χ4n) is 2.73. The van der Waals surface area contributed by atoms with Crippen molar-refractivity contribution in [2.45, 2.75) is 57.2 Å². The van der Waals surface area contributed by atoms with E-state index in [0.717, 1.165) is 19.4 Å². The van der Waals surface area contributed by atoms with Gasteiger partial charge in [0.15, 0.2) is 0 Å². The molecule has 0 amide bonds. The molecule has 0 aromatic rings. The minimum absolute atomic E-state index is 0.0251. The number of aliphatic hydroxyl groups excluding tert-OH is 1. The molecule has 1 aliphatic rings.